The summed E-state index contributed by atoms with van der Waals surface area (Å²) in [7, 11) is 0.559. The molecule has 3 heteroatoms. The molecule has 3 N–H and O–H groups in total. The molecule has 0 bridgehead atoms. The molecule has 0 aliphatic rings. The minimum absolute atomic E-state index is 0.175. The lowest BCUT2D eigenvalue weighted by Gasteiger charge is -2.17. The van der Waals surface area contributed by atoms with Crippen LogP contribution in [0, 0.1) is 0 Å². The van der Waals surface area contributed by atoms with Crippen LogP contribution in [0.5, 0.6) is 0 Å². The monoisotopic (exact) mass is 100 g/mol. The van der Waals surface area contributed by atoms with Gasteiger partial charge in [-0.05, 0) is 20.8 Å². The maximum absolute atomic E-state index is 5.20. The van der Waals surface area contributed by atoms with Crippen molar-refractivity contribution in [2.24, 2.45) is 5.64 Å². The highest BCUT2D eigenvalue weighted by Crippen LogP contribution is 1.94. The third kappa shape index (κ3) is 5.98. The smallest absolute Gasteiger partial charge is 0.283 e. The van der Waals surface area contributed by atoms with Crippen molar-refractivity contribution in [1.82, 2.24) is 5.23 Å². The molecule has 0 aromatic rings. The Hall–Kier alpha value is -0.0151. The molecule has 0 atom stereocenters. The van der Waals surface area contributed by atoms with Gasteiger partial charge in [-0.15, -0.1) is 0 Å². The molecule has 0 fully saturated rings. The molecule has 0 rings (SSSR count). The lowest BCUT2D eigenvalue weighted by molar-refractivity contribution is 0.523. The number of hydrogen-bond acceptors (Lipinski definition) is 2. The fourth-order valence-electron chi connectivity index (χ4n) is 0.306. The minimum Gasteiger partial charge on any atom is -0.359 e. The van der Waals surface area contributed by atoms with Gasteiger partial charge in [0.25, 0.3) is 7.55 Å². The van der Waals surface area contributed by atoms with Gasteiger partial charge in [0.1, 0.15) is 0 Å². The van der Waals surface area contributed by atoms with Gasteiger partial charge in [-0.25, -0.2) is 0 Å². The Labute approximate surface area is 45.8 Å². The van der Waals surface area contributed by atoms with Crippen LogP contribution >= 0.6 is 0 Å². The quantitative estimate of drug-likeness (QED) is 0.440. The van der Waals surface area contributed by atoms with Crippen LogP contribution in [0.25, 0.3) is 0 Å². The molecule has 7 heavy (non-hydrogen) atoms. The van der Waals surface area contributed by atoms with Gasteiger partial charge in [-0.1, -0.05) is 0 Å². The summed E-state index contributed by atoms with van der Waals surface area (Å²) in [6.45, 7) is 6.25. The van der Waals surface area contributed by atoms with E-state index in [4.69, 9.17) is 5.64 Å². The van der Waals surface area contributed by atoms with E-state index in [1.165, 1.54) is 0 Å². The molecule has 0 amide bonds. The zero-order valence-electron chi connectivity index (χ0n) is 5.28. The molecule has 0 aromatic carbocycles. The van der Waals surface area contributed by atoms with Crippen LogP contribution < -0.4 is 10.9 Å². The second kappa shape index (κ2) is 2.33. The lowest BCUT2D eigenvalue weighted by atomic mass is 10.0. The third-order valence-corrected chi connectivity index (χ3v) is 0.632. The summed E-state index contributed by atoms with van der Waals surface area (Å²) in [5.41, 5.74) is 5.38. The molecule has 0 aliphatic heterocycles. The second-order valence-corrected chi connectivity index (χ2v) is 2.63. The number of rotatable bonds is 1. The minimum atomic E-state index is 0.175. The first-order valence-corrected chi connectivity index (χ1v) is 2.51. The zero-order valence-corrected chi connectivity index (χ0v) is 5.28. The fourth-order valence-corrected chi connectivity index (χ4v) is 0.306. The van der Waals surface area contributed by atoms with E-state index in [2.05, 4.69) is 26.0 Å². The van der Waals surface area contributed by atoms with E-state index in [0.717, 1.165) is 0 Å². The molecule has 0 heterocycles. The van der Waals surface area contributed by atoms with E-state index < -0.39 is 0 Å². The molecule has 0 saturated carbocycles. The summed E-state index contributed by atoms with van der Waals surface area (Å²) in [4.78, 5) is 0. The van der Waals surface area contributed by atoms with Crippen LogP contribution in [0.1, 0.15) is 20.8 Å². The highest BCUT2D eigenvalue weighted by atomic mass is 14.9. The van der Waals surface area contributed by atoms with Gasteiger partial charge in [0.15, 0.2) is 0 Å². The molecule has 0 aromatic heterocycles. The average Bonchev–Trinajstić information content (AvgIpc) is 1.30. The van der Waals surface area contributed by atoms with Crippen molar-refractivity contribution in [3.05, 3.63) is 0 Å². The van der Waals surface area contributed by atoms with Crippen molar-refractivity contribution >= 4 is 7.55 Å². The van der Waals surface area contributed by atoms with Crippen molar-refractivity contribution in [2.45, 2.75) is 26.3 Å². The topological polar surface area (TPSA) is 38.0 Å². The van der Waals surface area contributed by atoms with Gasteiger partial charge in [0.2, 0.25) is 0 Å². The van der Waals surface area contributed by atoms with Gasteiger partial charge in [-0.2, -0.15) is 0 Å². The molecule has 0 saturated heterocycles. The largest absolute Gasteiger partial charge is 0.359 e. The lowest BCUT2D eigenvalue weighted by Crippen LogP contribution is -2.42. The fraction of sp³-hybridized carbons (Fsp3) is 1.00. The molecule has 0 spiro atoms. The maximum Gasteiger partial charge on any atom is 0.283 e. The van der Waals surface area contributed by atoms with Crippen LogP contribution in [0.15, 0.2) is 0 Å². The summed E-state index contributed by atoms with van der Waals surface area (Å²) in [5.74, 6) is 0. The van der Waals surface area contributed by atoms with Crippen LogP contribution in [-0.4, -0.2) is 13.1 Å². The highest BCUT2D eigenvalue weighted by Gasteiger charge is 2.05. The molecule has 42 valence electrons. The van der Waals surface area contributed by atoms with Crippen molar-refractivity contribution in [3.63, 3.8) is 0 Å². The molecule has 0 aliphatic carbocycles. The first kappa shape index (κ1) is 6.98. The van der Waals surface area contributed by atoms with Crippen molar-refractivity contribution in [3.8, 4) is 0 Å². The van der Waals surface area contributed by atoms with Crippen molar-refractivity contribution in [1.29, 1.82) is 0 Å². The molecular formula is C4H13BN2. The van der Waals surface area contributed by atoms with Crippen LogP contribution in [-0.2, 0) is 0 Å². The van der Waals surface area contributed by atoms with E-state index in [9.17, 15) is 0 Å². The standard InChI is InChI=1S/C4H13BN2/c1-4(2,3)7-5-6/h5,7H,6H2,1-3H3. The first-order valence-electron chi connectivity index (χ1n) is 2.51. The molecule has 0 unspecified atom stereocenters. The van der Waals surface area contributed by atoms with E-state index in [0.29, 0.717) is 7.55 Å². The average molecular weight is 100.0 g/mol. The van der Waals surface area contributed by atoms with Gasteiger partial charge in [0.05, 0.1) is 0 Å². The summed E-state index contributed by atoms with van der Waals surface area (Å²) in [5, 5.41) is 3.06. The third-order valence-electron chi connectivity index (χ3n) is 0.632. The van der Waals surface area contributed by atoms with Gasteiger partial charge < -0.3 is 10.9 Å². The van der Waals surface area contributed by atoms with Crippen molar-refractivity contribution < 1.29 is 0 Å². The van der Waals surface area contributed by atoms with Crippen molar-refractivity contribution in [2.75, 3.05) is 0 Å². The molecular weight excluding hydrogens is 86.9 g/mol. The highest BCUT2D eigenvalue weighted by molar-refractivity contribution is 6.27. The number of hydrogen-bond donors (Lipinski definition) is 2. The van der Waals surface area contributed by atoms with E-state index in [-0.39, 0.29) is 5.54 Å². The summed E-state index contributed by atoms with van der Waals surface area (Å²) in [6, 6.07) is 0. The predicted molar refractivity (Wildman–Crippen MR) is 34.2 cm³/mol. The predicted octanol–water partition coefficient (Wildman–Crippen LogP) is -0.400. The molecule has 0 radical (unpaired) electrons. The van der Waals surface area contributed by atoms with Gasteiger partial charge >= 0.3 is 0 Å². The summed E-state index contributed by atoms with van der Waals surface area (Å²) in [6.07, 6.45) is 0. The number of nitrogens with two attached hydrogens (primary N) is 1. The van der Waals surface area contributed by atoms with Crippen LogP contribution in [0.4, 0.5) is 0 Å². The Morgan fingerprint density at radius 1 is 1.43 bits per heavy atom. The second-order valence-electron chi connectivity index (χ2n) is 2.63. The SMILES string of the molecule is CC(C)(C)NBN. The van der Waals surface area contributed by atoms with Gasteiger partial charge in [0, 0.05) is 5.54 Å². The Morgan fingerprint density at radius 2 is 1.86 bits per heavy atom. The van der Waals surface area contributed by atoms with E-state index >= 15 is 0 Å². The normalized spacial score (nSPS) is 11.4. The Balaban J connectivity index is 3.15. The maximum atomic E-state index is 5.20. The first-order chi connectivity index (χ1) is 3.06. The van der Waals surface area contributed by atoms with E-state index in [1.54, 1.807) is 0 Å². The van der Waals surface area contributed by atoms with Crippen LogP contribution in [0.3, 0.4) is 0 Å². The van der Waals surface area contributed by atoms with Gasteiger partial charge in [-0.3, -0.25) is 0 Å². The number of nitrogens with one attached hydrogen (secondary N) is 1. The summed E-state index contributed by atoms with van der Waals surface area (Å²) >= 11 is 0. The summed E-state index contributed by atoms with van der Waals surface area (Å²) < 4.78 is 0. The Kier molecular flexibility index (Phi) is 2.33. The Morgan fingerprint density at radius 3 is 1.86 bits per heavy atom. The Bertz CT molecular complexity index is 48.1. The zero-order chi connectivity index (χ0) is 5.91. The van der Waals surface area contributed by atoms with E-state index in [1.807, 2.05) is 0 Å². The van der Waals surface area contributed by atoms with Crippen LogP contribution in [0.2, 0.25) is 0 Å². The molecule has 2 nitrogen and oxygen atoms in total.